The number of aliphatic carboxylic acids is 1. The second-order valence-corrected chi connectivity index (χ2v) is 28.2. The van der Waals surface area contributed by atoms with Gasteiger partial charge >= 0.3 is 18.0 Å². The van der Waals surface area contributed by atoms with Crippen molar-refractivity contribution < 1.29 is 87.6 Å². The lowest BCUT2D eigenvalue weighted by Crippen LogP contribution is -2.64. The maximum atomic E-state index is 13.8. The van der Waals surface area contributed by atoms with Gasteiger partial charge in [-0.05, 0) is 133 Å². The average Bonchev–Trinajstić information content (AvgIpc) is 1.45. The third-order valence-electron chi connectivity index (χ3n) is 19.2. The molecule has 6 amide bonds. The molecule has 7 aliphatic rings. The third-order valence-corrected chi connectivity index (χ3v) is 20.2. The first kappa shape index (κ1) is 69.4. The molecule has 4 saturated carbocycles. The Bertz CT molecular complexity index is 4140. The largest absolute Gasteiger partial charge is 0.479 e. The molecule has 0 radical (unpaired) electrons. The number of amides is 6. The number of hydrogen-bond acceptors (Lipinski definition) is 21. The van der Waals surface area contributed by atoms with Gasteiger partial charge in [0, 0.05) is 86.6 Å². The lowest BCUT2D eigenvalue weighted by molar-refractivity contribution is -0.271. The Hall–Kier alpha value is -9.49. The van der Waals surface area contributed by atoms with Gasteiger partial charge in [0.05, 0.1) is 47.5 Å². The summed E-state index contributed by atoms with van der Waals surface area (Å²) in [6.07, 6.45) is 2.58. The number of thiazole rings is 1. The molecule has 99 heavy (non-hydrogen) atoms. The van der Waals surface area contributed by atoms with Gasteiger partial charge in [0.2, 0.25) is 18.1 Å². The maximum Gasteiger partial charge on any atom is 0.407 e. The Labute approximate surface area is 572 Å². The molecule has 29 heteroatoms. The second kappa shape index (κ2) is 28.8. The number of nitrogens with one attached hydrogen (secondary N) is 4. The van der Waals surface area contributed by atoms with Gasteiger partial charge < -0.3 is 70.1 Å². The number of aromatic nitrogens is 4. The molecular formula is C70H78N10O18S. The number of aromatic carboxylic acids is 1. The van der Waals surface area contributed by atoms with Crippen LogP contribution in [0.25, 0.3) is 27.4 Å². The molecule has 9 N–H and O–H groups in total. The number of fused-ring (bicyclic) bond motifs is 2. The lowest BCUT2D eigenvalue weighted by Gasteiger charge is -2.69. The first-order valence-electron chi connectivity index (χ1n) is 32.8. The van der Waals surface area contributed by atoms with E-state index >= 15 is 0 Å². The number of para-hydroxylation sites is 1. The van der Waals surface area contributed by atoms with Crippen LogP contribution >= 0.6 is 11.3 Å². The van der Waals surface area contributed by atoms with Crippen molar-refractivity contribution in [3.05, 3.63) is 131 Å². The number of ether oxygens (including phenoxy) is 5. The van der Waals surface area contributed by atoms with E-state index in [0.717, 1.165) is 82.6 Å². The number of carboxylic acids is 2. The van der Waals surface area contributed by atoms with Gasteiger partial charge in [-0.15, -0.1) is 0 Å². The van der Waals surface area contributed by atoms with Crippen molar-refractivity contribution in [3.63, 3.8) is 0 Å². The predicted molar refractivity (Wildman–Crippen MR) is 358 cm³/mol. The van der Waals surface area contributed by atoms with Gasteiger partial charge in [-0.25, -0.2) is 24.4 Å². The Kier molecular flexibility index (Phi) is 20.2. The van der Waals surface area contributed by atoms with Crippen molar-refractivity contribution in [2.75, 3.05) is 68.1 Å². The van der Waals surface area contributed by atoms with Crippen molar-refractivity contribution >= 4 is 91.8 Å². The lowest BCUT2D eigenvalue weighted by atomic mass is 9.39. The SMILES string of the molecule is Cc1c(-c2ccc(N3CCc4cccc(C(=O)Nc5nc6ccccc6s5)c4C3)nc2C(=O)O)cnn1CC12CC3(C)CC(C)(C1)CC(OCCOCCNC(=O)OC/C=C/c1ccc(O[C@@H]4O[C@H](C(=O)O)[C@@H](O)[C@H](O)[C@H]4O)c(NC(=O)CCNC(=O)CCN4C(=O)C=CC4=O)c1)(C3)C2. The number of anilines is 3. The minimum atomic E-state index is -1.98. The monoisotopic (exact) mass is 1380 g/mol. The summed E-state index contributed by atoms with van der Waals surface area (Å²) in [6.45, 7) is 8.76. The summed E-state index contributed by atoms with van der Waals surface area (Å²) in [4.78, 5) is 113. The summed E-state index contributed by atoms with van der Waals surface area (Å²) < 4.78 is 32.2. The molecule has 522 valence electrons. The van der Waals surface area contributed by atoms with Gasteiger partial charge in [-0.3, -0.25) is 38.9 Å². The highest BCUT2D eigenvalue weighted by atomic mass is 32.1. The molecule has 5 fully saturated rings. The molecule has 4 aliphatic carbocycles. The zero-order chi connectivity index (χ0) is 70.0. The van der Waals surface area contributed by atoms with Gasteiger partial charge in [0.1, 0.15) is 36.5 Å². The summed E-state index contributed by atoms with van der Waals surface area (Å²) in [6, 6.07) is 21.4. The molecule has 13 rings (SSSR count). The van der Waals surface area contributed by atoms with E-state index in [1.165, 1.54) is 35.6 Å². The summed E-state index contributed by atoms with van der Waals surface area (Å²) in [5.41, 5.74) is 5.11. The number of carbonyl (C=O) groups is 8. The molecule has 3 aromatic heterocycles. The number of benzene rings is 3. The Morgan fingerprint density at radius 1 is 0.788 bits per heavy atom. The number of rotatable bonds is 27. The number of nitrogens with zero attached hydrogens (tertiary/aromatic N) is 6. The molecule has 4 bridgehead atoms. The highest BCUT2D eigenvalue weighted by Gasteiger charge is 2.66. The fraction of sp³-hybridized carbons (Fsp3) is 0.443. The van der Waals surface area contributed by atoms with Gasteiger partial charge in [-0.1, -0.05) is 61.6 Å². The van der Waals surface area contributed by atoms with Crippen LogP contribution in [0, 0.1) is 23.2 Å². The van der Waals surface area contributed by atoms with Crippen molar-refractivity contribution in [3.8, 4) is 16.9 Å². The third kappa shape index (κ3) is 15.5. The van der Waals surface area contributed by atoms with Crippen LogP contribution in [0.1, 0.15) is 108 Å². The average molecular weight is 1380 g/mol. The van der Waals surface area contributed by atoms with E-state index in [2.05, 4.69) is 40.1 Å². The minimum absolute atomic E-state index is 0.0119. The van der Waals surface area contributed by atoms with E-state index in [1.54, 1.807) is 18.3 Å². The van der Waals surface area contributed by atoms with Crippen molar-refractivity contribution in [1.29, 1.82) is 0 Å². The first-order valence-corrected chi connectivity index (χ1v) is 33.6. The Balaban J connectivity index is 0.611. The van der Waals surface area contributed by atoms with Gasteiger partial charge in [0.15, 0.2) is 16.9 Å². The number of carboxylic acid groups (broad SMARTS) is 2. The molecule has 0 spiro atoms. The molecule has 28 nitrogen and oxygen atoms in total. The normalized spacial score (nSPS) is 25.3. The Morgan fingerprint density at radius 3 is 2.32 bits per heavy atom. The predicted octanol–water partition coefficient (Wildman–Crippen LogP) is 6.00. The molecule has 6 aromatic rings. The van der Waals surface area contributed by atoms with E-state index in [9.17, 15) is 63.9 Å². The van der Waals surface area contributed by atoms with Crippen LogP contribution in [0.15, 0.2) is 97.2 Å². The van der Waals surface area contributed by atoms with E-state index < -0.39 is 78.0 Å². The van der Waals surface area contributed by atoms with Crippen LogP contribution < -0.4 is 30.9 Å². The van der Waals surface area contributed by atoms with E-state index in [1.807, 2.05) is 65.0 Å². The van der Waals surface area contributed by atoms with Crippen molar-refractivity contribution in [2.45, 2.75) is 128 Å². The quantitative estimate of drug-likeness (QED) is 0.0211. The molecule has 3 aromatic carbocycles. The fourth-order valence-electron chi connectivity index (χ4n) is 16.0. The van der Waals surface area contributed by atoms with E-state index in [4.69, 9.17) is 33.8 Å². The molecule has 2 unspecified atom stereocenters. The number of pyridine rings is 1. The number of aliphatic hydroxyl groups is 3. The van der Waals surface area contributed by atoms with Crippen LogP contribution in [0.4, 0.5) is 21.4 Å². The van der Waals surface area contributed by atoms with Crippen LogP contribution in [0.2, 0.25) is 0 Å². The van der Waals surface area contributed by atoms with Gasteiger partial charge in [-0.2, -0.15) is 5.10 Å². The molecule has 6 heterocycles. The number of carbonyl (C=O) groups excluding carboxylic acids is 6. The zero-order valence-electron chi connectivity index (χ0n) is 54.8. The smallest absolute Gasteiger partial charge is 0.407 e. The fourth-order valence-corrected chi connectivity index (χ4v) is 16.9. The van der Waals surface area contributed by atoms with E-state index in [-0.39, 0.29) is 91.6 Å². The zero-order valence-corrected chi connectivity index (χ0v) is 55.6. The maximum absolute atomic E-state index is 13.8. The summed E-state index contributed by atoms with van der Waals surface area (Å²) in [7, 11) is 0. The first-order chi connectivity index (χ1) is 47.4. The van der Waals surface area contributed by atoms with Crippen LogP contribution in [-0.2, 0) is 62.4 Å². The molecule has 7 atom stereocenters. The molecule has 1 saturated heterocycles. The number of aliphatic hydroxyl groups excluding tert-OH is 3. The molecule has 3 aliphatic heterocycles. The number of alkyl carbamates (subject to hydrolysis) is 1. The van der Waals surface area contributed by atoms with Crippen LogP contribution in [-0.4, -0.2) is 187 Å². The topological polar surface area (TPSA) is 382 Å². The number of hydrogen-bond donors (Lipinski definition) is 9. The van der Waals surface area contributed by atoms with E-state index in [0.29, 0.717) is 65.9 Å². The van der Waals surface area contributed by atoms with Crippen LogP contribution in [0.5, 0.6) is 5.75 Å². The second-order valence-electron chi connectivity index (χ2n) is 27.1. The minimum Gasteiger partial charge on any atom is -0.479 e. The number of imide groups is 1. The summed E-state index contributed by atoms with van der Waals surface area (Å²) >= 11 is 1.41. The standard InChI is InChI=1S/C70H78N10O18S/c1-40-45(43-14-16-51(76-56(43)62(89)90)78-24-20-42-9-6-10-44(46(42)32-78)61(88)77-65-75-47-11-4-5-12-50(47)99-65)31-73-80(40)39-69-34-67(2)33-68(3,35-69)37-70(36-67,38-69)96-29-28-94-27-23-72-66(93)95-26-7-8-41-13-15-49(97-64-59(87)57(85)58(86)60(98-64)63(91)92)48(30-41)74-53(82)19-22-71-52(81)21-25-79-54(83)17-18-55(79)84/h4-18,30-31,57-60,64,85-87H,19-29,32-39H2,1-3H3,(H,71,81)(H,72,93)(H,74,82)(H,89,90)(H,91,92)(H,75,77,88)/b8-7+/t57-,58-,59+,60-,64+,67?,68?,69?,70?/m0/s1. The highest BCUT2D eigenvalue weighted by Crippen LogP contribution is 2.72. The van der Waals surface area contributed by atoms with Crippen molar-refractivity contribution in [2.24, 2.45) is 16.2 Å². The molecular weight excluding hydrogens is 1300 g/mol. The van der Waals surface area contributed by atoms with Crippen molar-refractivity contribution in [1.82, 2.24) is 35.3 Å². The summed E-state index contributed by atoms with van der Waals surface area (Å²) in [5, 5.41) is 67.7. The van der Waals surface area contributed by atoms with Crippen LogP contribution in [0.3, 0.4) is 0 Å². The summed E-state index contributed by atoms with van der Waals surface area (Å²) in [5.74, 6) is -4.94. The van der Waals surface area contributed by atoms with Gasteiger partial charge in [0.25, 0.3) is 17.7 Å². The highest BCUT2D eigenvalue weighted by molar-refractivity contribution is 7.22. The Morgan fingerprint density at radius 2 is 1.57 bits per heavy atom.